The zero-order valence-electron chi connectivity index (χ0n) is 14.6. The van der Waals surface area contributed by atoms with Crippen molar-refractivity contribution in [1.29, 1.82) is 0 Å². The Morgan fingerprint density at radius 2 is 1.58 bits per heavy atom. The second-order valence-electron chi connectivity index (χ2n) is 5.12. The molecular weight excluding hydrogens is 304 g/mol. The maximum atomic E-state index is 5.48. The van der Waals surface area contributed by atoms with Crippen LogP contribution in [-0.4, -0.2) is 28.4 Å². The van der Waals surface area contributed by atoms with Crippen molar-refractivity contribution in [2.24, 2.45) is 0 Å². The van der Waals surface area contributed by atoms with Gasteiger partial charge in [0.2, 0.25) is 5.75 Å². The summed E-state index contributed by atoms with van der Waals surface area (Å²) in [4.78, 5) is 0. The molecule has 4 nitrogen and oxygen atoms in total. The van der Waals surface area contributed by atoms with E-state index in [1.165, 1.54) is 0 Å². The Balaban J connectivity index is 2.04. The van der Waals surface area contributed by atoms with Gasteiger partial charge in [-0.1, -0.05) is 24.3 Å². The summed E-state index contributed by atoms with van der Waals surface area (Å²) in [5, 5.41) is 0. The minimum atomic E-state index is 0.605. The minimum Gasteiger partial charge on any atom is -0.497 e. The molecule has 0 atom stereocenters. The first-order valence-corrected chi connectivity index (χ1v) is 7.73. The van der Waals surface area contributed by atoms with Crippen LogP contribution in [0, 0.1) is 6.07 Å². The van der Waals surface area contributed by atoms with E-state index in [2.05, 4.69) is 18.2 Å². The monoisotopic (exact) mass is 327 g/mol. The van der Waals surface area contributed by atoms with Crippen LogP contribution >= 0.6 is 0 Å². The molecular formula is C20H23O4. The van der Waals surface area contributed by atoms with E-state index < -0.39 is 0 Å². The van der Waals surface area contributed by atoms with Gasteiger partial charge in [0.05, 0.1) is 28.4 Å². The molecule has 0 aliphatic rings. The molecule has 0 N–H and O–H groups in total. The van der Waals surface area contributed by atoms with E-state index in [0.29, 0.717) is 17.2 Å². The second-order valence-corrected chi connectivity index (χ2v) is 5.12. The quantitative estimate of drug-likeness (QED) is 0.729. The fourth-order valence-electron chi connectivity index (χ4n) is 2.44. The Morgan fingerprint density at radius 3 is 2.17 bits per heavy atom. The van der Waals surface area contributed by atoms with E-state index in [9.17, 15) is 0 Å². The molecule has 2 aromatic carbocycles. The highest BCUT2D eigenvalue weighted by molar-refractivity contribution is 5.55. The fraction of sp³-hybridized carbons (Fsp3) is 0.300. The lowest BCUT2D eigenvalue weighted by Gasteiger charge is -2.15. The summed E-state index contributed by atoms with van der Waals surface area (Å²) in [5.41, 5.74) is 2.11. The molecule has 24 heavy (non-hydrogen) atoms. The van der Waals surface area contributed by atoms with Crippen molar-refractivity contribution in [2.45, 2.75) is 12.8 Å². The molecule has 0 heterocycles. The van der Waals surface area contributed by atoms with Gasteiger partial charge in [-0.05, 0) is 42.7 Å². The summed E-state index contributed by atoms with van der Waals surface area (Å²) in [7, 11) is 6.50. The highest BCUT2D eigenvalue weighted by Crippen LogP contribution is 2.39. The average molecular weight is 327 g/mol. The van der Waals surface area contributed by atoms with Gasteiger partial charge in [-0.2, -0.15) is 0 Å². The van der Waals surface area contributed by atoms with Gasteiger partial charge < -0.3 is 18.9 Å². The first-order valence-electron chi connectivity index (χ1n) is 7.73. The molecule has 2 rings (SSSR count). The second kappa shape index (κ2) is 8.87. The number of methoxy groups -OCH3 is 4. The topological polar surface area (TPSA) is 36.9 Å². The summed E-state index contributed by atoms with van der Waals surface area (Å²) < 4.78 is 21.3. The molecule has 0 amide bonds. The number of benzene rings is 2. The number of hydrogen-bond donors (Lipinski definition) is 0. The molecule has 127 valence electrons. The molecule has 0 aliphatic carbocycles. The van der Waals surface area contributed by atoms with Crippen molar-refractivity contribution >= 4 is 6.08 Å². The van der Waals surface area contributed by atoms with Gasteiger partial charge in [-0.15, -0.1) is 0 Å². The number of allylic oxidation sites excluding steroid dienone is 1. The molecule has 4 heteroatoms. The number of aryl methyl sites for hydroxylation is 1. The van der Waals surface area contributed by atoms with E-state index in [-0.39, 0.29) is 0 Å². The molecule has 0 aliphatic heterocycles. The number of rotatable bonds is 8. The Labute approximate surface area is 143 Å². The molecule has 0 unspecified atom stereocenters. The smallest absolute Gasteiger partial charge is 0.203 e. The van der Waals surface area contributed by atoms with Gasteiger partial charge in [0.1, 0.15) is 5.75 Å². The Kier molecular flexibility index (Phi) is 6.55. The van der Waals surface area contributed by atoms with Crippen LogP contribution in [0.4, 0.5) is 0 Å². The van der Waals surface area contributed by atoms with Crippen molar-refractivity contribution in [3.8, 4) is 23.0 Å². The molecule has 0 saturated carbocycles. The third kappa shape index (κ3) is 4.22. The lowest BCUT2D eigenvalue weighted by Crippen LogP contribution is -1.99. The number of hydrogen-bond acceptors (Lipinski definition) is 4. The van der Waals surface area contributed by atoms with Crippen LogP contribution < -0.4 is 18.9 Å². The van der Waals surface area contributed by atoms with Crippen molar-refractivity contribution in [3.63, 3.8) is 0 Å². The van der Waals surface area contributed by atoms with Gasteiger partial charge in [0, 0.05) is 5.56 Å². The standard InChI is InChI=1S/C20H23O4/c1-21-17-12-9-15(10-13-17)7-5-6-8-16-11-14-18(22-2)20(24-4)19(16)23-3/h5,7,9-10,12-14H,6,8H2,1-4H3. The summed E-state index contributed by atoms with van der Waals surface area (Å²) in [5.74, 6) is 2.76. The maximum Gasteiger partial charge on any atom is 0.203 e. The van der Waals surface area contributed by atoms with Crippen molar-refractivity contribution < 1.29 is 18.9 Å². The van der Waals surface area contributed by atoms with E-state index in [0.717, 1.165) is 29.7 Å². The van der Waals surface area contributed by atoms with Crippen LogP contribution in [-0.2, 0) is 6.42 Å². The molecule has 0 saturated heterocycles. The molecule has 2 aromatic rings. The molecule has 0 bridgehead atoms. The Morgan fingerprint density at radius 1 is 0.875 bits per heavy atom. The van der Waals surface area contributed by atoms with Crippen LogP contribution in [0.3, 0.4) is 0 Å². The largest absolute Gasteiger partial charge is 0.497 e. The van der Waals surface area contributed by atoms with Crippen LogP contribution in [0.25, 0.3) is 6.08 Å². The number of ether oxygens (including phenoxy) is 4. The zero-order valence-corrected chi connectivity index (χ0v) is 14.6. The van der Waals surface area contributed by atoms with Crippen molar-refractivity contribution in [2.75, 3.05) is 28.4 Å². The predicted octanol–water partition coefficient (Wildman–Crippen LogP) is 4.17. The molecule has 0 fully saturated rings. The molecule has 0 spiro atoms. The SMILES string of the molecule is COc1ccc(C=CCCc2[c]cc(OC)c(OC)c2OC)cc1. The van der Waals surface area contributed by atoms with E-state index >= 15 is 0 Å². The van der Waals surface area contributed by atoms with Crippen LogP contribution in [0.15, 0.2) is 36.4 Å². The van der Waals surface area contributed by atoms with E-state index in [1.807, 2.05) is 24.3 Å². The average Bonchev–Trinajstić information content (AvgIpc) is 2.64. The summed E-state index contributed by atoms with van der Waals surface area (Å²) in [6, 6.07) is 12.9. The lowest BCUT2D eigenvalue weighted by molar-refractivity contribution is 0.322. The maximum absolute atomic E-state index is 5.48. The van der Waals surface area contributed by atoms with Crippen LogP contribution in [0.1, 0.15) is 17.5 Å². The van der Waals surface area contributed by atoms with Gasteiger partial charge in [0.25, 0.3) is 0 Å². The fourth-order valence-corrected chi connectivity index (χ4v) is 2.44. The van der Waals surface area contributed by atoms with E-state index in [4.69, 9.17) is 18.9 Å². The summed E-state index contributed by atoms with van der Waals surface area (Å²) >= 11 is 0. The van der Waals surface area contributed by atoms with Gasteiger partial charge in [-0.25, -0.2) is 0 Å². The van der Waals surface area contributed by atoms with Crippen molar-refractivity contribution in [3.05, 3.63) is 53.6 Å². The highest BCUT2D eigenvalue weighted by atomic mass is 16.5. The van der Waals surface area contributed by atoms with Gasteiger partial charge >= 0.3 is 0 Å². The third-order valence-electron chi connectivity index (χ3n) is 3.70. The van der Waals surface area contributed by atoms with Crippen LogP contribution in [0.5, 0.6) is 23.0 Å². The zero-order chi connectivity index (χ0) is 17.4. The lowest BCUT2D eigenvalue weighted by atomic mass is 10.1. The Hall–Kier alpha value is -2.62. The summed E-state index contributed by atoms with van der Waals surface area (Å²) in [6.07, 6.45) is 5.89. The highest BCUT2D eigenvalue weighted by Gasteiger charge is 2.15. The summed E-state index contributed by atoms with van der Waals surface area (Å²) in [6.45, 7) is 0. The molecule has 1 radical (unpaired) electrons. The van der Waals surface area contributed by atoms with Crippen LogP contribution in [0.2, 0.25) is 0 Å². The third-order valence-corrected chi connectivity index (χ3v) is 3.70. The van der Waals surface area contributed by atoms with E-state index in [1.54, 1.807) is 34.5 Å². The predicted molar refractivity (Wildman–Crippen MR) is 95.3 cm³/mol. The normalized spacial score (nSPS) is 10.7. The van der Waals surface area contributed by atoms with Gasteiger partial charge in [0.15, 0.2) is 11.5 Å². The first-order chi connectivity index (χ1) is 11.7. The van der Waals surface area contributed by atoms with Crippen molar-refractivity contribution in [1.82, 2.24) is 0 Å². The molecule has 0 aromatic heterocycles. The van der Waals surface area contributed by atoms with Gasteiger partial charge in [-0.3, -0.25) is 0 Å². The first kappa shape index (κ1) is 17.7. The minimum absolute atomic E-state index is 0.605. The Bertz CT molecular complexity index is 675.